The Morgan fingerprint density at radius 2 is 2.29 bits per heavy atom. The van der Waals surface area contributed by atoms with Gasteiger partial charge in [0.05, 0.1) is 11.4 Å². The Morgan fingerprint density at radius 3 is 2.88 bits per heavy atom. The third-order valence-electron chi connectivity index (χ3n) is 2.74. The number of hydrogen-bond acceptors (Lipinski definition) is 4. The van der Waals surface area contributed by atoms with E-state index in [0.717, 1.165) is 17.8 Å². The first-order chi connectivity index (χ1) is 8.20. The highest BCUT2D eigenvalue weighted by Crippen LogP contribution is 2.16. The maximum atomic E-state index is 10.0. The van der Waals surface area contributed by atoms with Crippen LogP contribution in [0.4, 0.5) is 0 Å². The maximum Gasteiger partial charge on any atom is 0.115 e. The molecule has 0 aliphatic heterocycles. The lowest BCUT2D eigenvalue weighted by Crippen LogP contribution is -2.07. The number of nitrogens with zero attached hydrogens (tertiary/aromatic N) is 4. The molecule has 0 aliphatic rings. The molecule has 17 heavy (non-hydrogen) atoms. The van der Waals surface area contributed by atoms with Gasteiger partial charge in [0.25, 0.3) is 0 Å². The van der Waals surface area contributed by atoms with E-state index in [-0.39, 0.29) is 0 Å². The standard InChI is InChI=1S/C12H16N4O/c1-3-9-6-10(16(2)15-9)7-12(17)11-4-5-13-8-14-11/h4-6,8,12,17H,3,7H2,1-2H3. The summed E-state index contributed by atoms with van der Waals surface area (Å²) in [6.45, 7) is 2.06. The minimum Gasteiger partial charge on any atom is -0.386 e. The fourth-order valence-electron chi connectivity index (χ4n) is 1.74. The molecule has 5 heteroatoms. The summed E-state index contributed by atoms with van der Waals surface area (Å²) < 4.78 is 1.81. The largest absolute Gasteiger partial charge is 0.386 e. The zero-order valence-corrected chi connectivity index (χ0v) is 10.0. The summed E-state index contributed by atoms with van der Waals surface area (Å²) in [5.74, 6) is 0. The second kappa shape index (κ2) is 5.05. The molecule has 0 bridgehead atoms. The molecule has 2 aromatic heterocycles. The summed E-state index contributed by atoms with van der Waals surface area (Å²) >= 11 is 0. The minimum atomic E-state index is -0.613. The lowest BCUT2D eigenvalue weighted by Gasteiger charge is -2.09. The molecule has 1 atom stereocenters. The molecule has 1 unspecified atom stereocenters. The Bertz CT molecular complexity index is 481. The fraction of sp³-hybridized carbons (Fsp3) is 0.417. The molecule has 2 heterocycles. The van der Waals surface area contributed by atoms with Crippen molar-refractivity contribution in [3.05, 3.63) is 41.7 Å². The monoisotopic (exact) mass is 232 g/mol. The van der Waals surface area contributed by atoms with Crippen molar-refractivity contribution in [1.29, 1.82) is 0 Å². The maximum absolute atomic E-state index is 10.0. The first-order valence-electron chi connectivity index (χ1n) is 5.66. The van der Waals surface area contributed by atoms with E-state index >= 15 is 0 Å². The van der Waals surface area contributed by atoms with Crippen molar-refractivity contribution in [3.63, 3.8) is 0 Å². The molecule has 0 aliphatic carbocycles. The van der Waals surface area contributed by atoms with E-state index in [1.807, 2.05) is 17.8 Å². The van der Waals surface area contributed by atoms with Crippen LogP contribution in [-0.2, 0) is 19.9 Å². The Morgan fingerprint density at radius 1 is 1.47 bits per heavy atom. The average Bonchev–Trinajstić information content (AvgIpc) is 2.71. The number of rotatable bonds is 4. The van der Waals surface area contributed by atoms with Crippen molar-refractivity contribution in [2.24, 2.45) is 7.05 Å². The van der Waals surface area contributed by atoms with Crippen molar-refractivity contribution >= 4 is 0 Å². The second-order valence-corrected chi connectivity index (χ2v) is 3.96. The smallest absolute Gasteiger partial charge is 0.115 e. The van der Waals surface area contributed by atoms with Crippen molar-refractivity contribution < 1.29 is 5.11 Å². The predicted octanol–water partition coefficient (Wildman–Crippen LogP) is 1.05. The number of aliphatic hydroxyl groups is 1. The Kier molecular flexibility index (Phi) is 3.49. The van der Waals surface area contributed by atoms with Gasteiger partial charge in [-0.3, -0.25) is 4.68 Å². The van der Waals surface area contributed by atoms with Gasteiger partial charge in [0.1, 0.15) is 12.4 Å². The van der Waals surface area contributed by atoms with E-state index < -0.39 is 6.10 Å². The predicted molar refractivity (Wildman–Crippen MR) is 63.3 cm³/mol. The molecule has 1 N–H and O–H groups in total. The zero-order chi connectivity index (χ0) is 12.3. The molecule has 0 saturated heterocycles. The lowest BCUT2D eigenvalue weighted by atomic mass is 10.1. The number of aliphatic hydroxyl groups excluding tert-OH is 1. The van der Waals surface area contributed by atoms with Gasteiger partial charge in [0, 0.05) is 25.4 Å². The van der Waals surface area contributed by atoms with Crippen LogP contribution in [0.2, 0.25) is 0 Å². The average molecular weight is 232 g/mol. The van der Waals surface area contributed by atoms with Gasteiger partial charge in [0.15, 0.2) is 0 Å². The molecule has 0 radical (unpaired) electrons. The number of aromatic nitrogens is 4. The summed E-state index contributed by atoms with van der Waals surface area (Å²) in [6.07, 6.45) is 3.88. The molecule has 90 valence electrons. The molecule has 0 spiro atoms. The lowest BCUT2D eigenvalue weighted by molar-refractivity contribution is 0.171. The van der Waals surface area contributed by atoms with Gasteiger partial charge in [0.2, 0.25) is 0 Å². The third-order valence-corrected chi connectivity index (χ3v) is 2.74. The number of aryl methyl sites for hydroxylation is 2. The van der Waals surface area contributed by atoms with E-state index in [1.165, 1.54) is 6.33 Å². The molecule has 2 aromatic rings. The SMILES string of the molecule is CCc1cc(CC(O)c2ccncn2)n(C)n1. The van der Waals surface area contributed by atoms with Gasteiger partial charge in [-0.05, 0) is 18.6 Å². The molecule has 0 fully saturated rings. The summed E-state index contributed by atoms with van der Waals surface area (Å²) in [6, 6.07) is 3.74. The van der Waals surface area contributed by atoms with Gasteiger partial charge < -0.3 is 5.11 Å². The first kappa shape index (κ1) is 11.7. The van der Waals surface area contributed by atoms with E-state index in [9.17, 15) is 5.11 Å². The van der Waals surface area contributed by atoms with Crippen LogP contribution >= 0.6 is 0 Å². The van der Waals surface area contributed by atoms with Gasteiger partial charge in [-0.15, -0.1) is 0 Å². The zero-order valence-electron chi connectivity index (χ0n) is 10.0. The molecule has 0 saturated carbocycles. The minimum absolute atomic E-state index is 0.514. The van der Waals surface area contributed by atoms with Crippen LogP contribution in [0.3, 0.4) is 0 Å². The highest BCUT2D eigenvalue weighted by Gasteiger charge is 2.13. The van der Waals surface area contributed by atoms with E-state index in [0.29, 0.717) is 12.1 Å². The van der Waals surface area contributed by atoms with Crippen molar-refractivity contribution in [2.45, 2.75) is 25.9 Å². The highest BCUT2D eigenvalue weighted by atomic mass is 16.3. The van der Waals surface area contributed by atoms with Crippen molar-refractivity contribution in [1.82, 2.24) is 19.7 Å². The molecular weight excluding hydrogens is 216 g/mol. The van der Waals surface area contributed by atoms with Crippen LogP contribution in [0.1, 0.15) is 30.1 Å². The van der Waals surface area contributed by atoms with Crippen LogP contribution < -0.4 is 0 Å². The van der Waals surface area contributed by atoms with Gasteiger partial charge in [-0.25, -0.2) is 9.97 Å². The molecule has 0 amide bonds. The molecule has 2 rings (SSSR count). The number of hydrogen-bond donors (Lipinski definition) is 1. The second-order valence-electron chi connectivity index (χ2n) is 3.96. The summed E-state index contributed by atoms with van der Waals surface area (Å²) in [4.78, 5) is 7.87. The van der Waals surface area contributed by atoms with Crippen LogP contribution in [0, 0.1) is 0 Å². The third kappa shape index (κ3) is 2.68. The Balaban J connectivity index is 2.13. The van der Waals surface area contributed by atoms with Gasteiger partial charge in [-0.2, -0.15) is 5.10 Å². The first-order valence-corrected chi connectivity index (χ1v) is 5.66. The van der Waals surface area contributed by atoms with E-state index in [4.69, 9.17) is 0 Å². The quantitative estimate of drug-likeness (QED) is 0.855. The van der Waals surface area contributed by atoms with Crippen molar-refractivity contribution in [3.8, 4) is 0 Å². The molecule has 5 nitrogen and oxygen atoms in total. The Labute approximate surface area is 100 Å². The van der Waals surface area contributed by atoms with Crippen LogP contribution in [0.15, 0.2) is 24.7 Å². The fourth-order valence-corrected chi connectivity index (χ4v) is 1.74. The van der Waals surface area contributed by atoms with Crippen LogP contribution in [0.5, 0.6) is 0 Å². The summed E-state index contributed by atoms with van der Waals surface area (Å²) in [5.41, 5.74) is 2.68. The van der Waals surface area contributed by atoms with Gasteiger partial charge >= 0.3 is 0 Å². The Hall–Kier alpha value is -1.75. The molecular formula is C12H16N4O. The normalized spacial score (nSPS) is 12.6. The van der Waals surface area contributed by atoms with Crippen molar-refractivity contribution in [2.75, 3.05) is 0 Å². The topological polar surface area (TPSA) is 63.8 Å². The van der Waals surface area contributed by atoms with E-state index in [1.54, 1.807) is 12.3 Å². The van der Waals surface area contributed by atoms with Gasteiger partial charge in [-0.1, -0.05) is 6.92 Å². The van der Waals surface area contributed by atoms with Crippen LogP contribution in [0.25, 0.3) is 0 Å². The molecule has 0 aromatic carbocycles. The van der Waals surface area contributed by atoms with E-state index in [2.05, 4.69) is 22.0 Å². The van der Waals surface area contributed by atoms with Crippen LogP contribution in [-0.4, -0.2) is 24.9 Å². The summed E-state index contributed by atoms with van der Waals surface area (Å²) in [5, 5.41) is 14.4. The highest BCUT2D eigenvalue weighted by molar-refractivity contribution is 5.14. The summed E-state index contributed by atoms with van der Waals surface area (Å²) in [7, 11) is 1.89.